The van der Waals surface area contributed by atoms with E-state index in [1.807, 2.05) is 32.0 Å². The van der Waals surface area contributed by atoms with Crippen molar-refractivity contribution in [2.75, 3.05) is 0 Å². The number of aromatic nitrogens is 2. The van der Waals surface area contributed by atoms with Crippen molar-refractivity contribution in [2.45, 2.75) is 39.3 Å². The second-order valence-electron chi connectivity index (χ2n) is 5.79. The molecule has 1 amide bonds. The van der Waals surface area contributed by atoms with Gasteiger partial charge < -0.3 is 9.88 Å². The summed E-state index contributed by atoms with van der Waals surface area (Å²) in [6, 6.07) is 5.86. The summed E-state index contributed by atoms with van der Waals surface area (Å²) in [6.07, 6.45) is 5.39. The third-order valence-corrected chi connectivity index (χ3v) is 3.97. The number of carbonyl (C=O) groups is 1. The van der Waals surface area contributed by atoms with Crippen LogP contribution in [0.4, 0.5) is 0 Å². The molecule has 1 fully saturated rings. The van der Waals surface area contributed by atoms with E-state index in [2.05, 4.69) is 10.3 Å². The molecule has 2 heterocycles. The van der Waals surface area contributed by atoms with Gasteiger partial charge in [-0.15, -0.1) is 0 Å². The van der Waals surface area contributed by atoms with E-state index in [0.717, 1.165) is 29.7 Å². The summed E-state index contributed by atoms with van der Waals surface area (Å²) in [4.78, 5) is 29.0. The number of nitrogens with one attached hydrogen (secondary N) is 1. The summed E-state index contributed by atoms with van der Waals surface area (Å²) in [7, 11) is 0. The van der Waals surface area contributed by atoms with Crippen LogP contribution >= 0.6 is 0 Å². The van der Waals surface area contributed by atoms with E-state index in [1.165, 1.54) is 0 Å². The Morgan fingerprint density at radius 1 is 1.32 bits per heavy atom. The molecule has 1 N–H and O–H groups in total. The molecule has 5 heteroatoms. The highest BCUT2D eigenvalue weighted by Crippen LogP contribution is 2.34. The van der Waals surface area contributed by atoms with Crippen LogP contribution in [-0.2, 0) is 6.54 Å². The summed E-state index contributed by atoms with van der Waals surface area (Å²) in [6.45, 7) is 4.12. The highest BCUT2D eigenvalue weighted by atomic mass is 16.2. The molecule has 114 valence electrons. The van der Waals surface area contributed by atoms with E-state index in [0.29, 0.717) is 6.54 Å². The van der Waals surface area contributed by atoms with E-state index in [9.17, 15) is 9.59 Å². The van der Waals surface area contributed by atoms with E-state index < -0.39 is 0 Å². The number of pyridine rings is 2. The van der Waals surface area contributed by atoms with Crippen molar-refractivity contribution in [1.82, 2.24) is 14.9 Å². The molecule has 0 aliphatic heterocycles. The number of amides is 1. The van der Waals surface area contributed by atoms with Crippen molar-refractivity contribution in [3.63, 3.8) is 0 Å². The highest BCUT2D eigenvalue weighted by Gasteiger charge is 2.28. The van der Waals surface area contributed by atoms with Crippen LogP contribution in [0.25, 0.3) is 0 Å². The fourth-order valence-electron chi connectivity index (χ4n) is 2.74. The normalized spacial score (nSPS) is 13.9. The van der Waals surface area contributed by atoms with Crippen molar-refractivity contribution in [1.29, 1.82) is 0 Å². The van der Waals surface area contributed by atoms with Crippen molar-refractivity contribution < 1.29 is 4.79 Å². The molecular weight excluding hydrogens is 278 g/mol. The Morgan fingerprint density at radius 3 is 2.64 bits per heavy atom. The Bertz CT molecular complexity index is 761. The fraction of sp³-hybridized carbons (Fsp3) is 0.353. The Balaban J connectivity index is 1.86. The molecule has 0 bridgehead atoms. The topological polar surface area (TPSA) is 64.0 Å². The van der Waals surface area contributed by atoms with E-state index >= 15 is 0 Å². The number of rotatable bonds is 4. The number of hydrogen-bond donors (Lipinski definition) is 1. The molecule has 5 nitrogen and oxygen atoms in total. The van der Waals surface area contributed by atoms with Gasteiger partial charge in [-0.1, -0.05) is 0 Å². The van der Waals surface area contributed by atoms with Gasteiger partial charge in [0.15, 0.2) is 0 Å². The van der Waals surface area contributed by atoms with Crippen LogP contribution in [0.3, 0.4) is 0 Å². The lowest BCUT2D eigenvalue weighted by atomic mass is 10.1. The molecule has 22 heavy (non-hydrogen) atoms. The lowest BCUT2D eigenvalue weighted by Crippen LogP contribution is -2.34. The predicted octanol–water partition coefficient (Wildman–Crippen LogP) is 2.13. The van der Waals surface area contributed by atoms with Crippen molar-refractivity contribution in [2.24, 2.45) is 0 Å². The molecule has 0 atom stereocenters. The molecule has 0 aromatic carbocycles. The van der Waals surface area contributed by atoms with Crippen LogP contribution in [0, 0.1) is 13.8 Å². The monoisotopic (exact) mass is 297 g/mol. The second kappa shape index (κ2) is 5.75. The zero-order valence-electron chi connectivity index (χ0n) is 12.8. The Kier molecular flexibility index (Phi) is 3.79. The lowest BCUT2D eigenvalue weighted by molar-refractivity contribution is 0.0948. The molecule has 0 saturated heterocycles. The van der Waals surface area contributed by atoms with Crippen molar-refractivity contribution >= 4 is 5.91 Å². The highest BCUT2D eigenvalue weighted by molar-refractivity contribution is 5.95. The van der Waals surface area contributed by atoms with Gasteiger partial charge in [-0.2, -0.15) is 0 Å². The zero-order chi connectivity index (χ0) is 15.7. The first kappa shape index (κ1) is 14.5. The number of carbonyl (C=O) groups excluding carboxylic acids is 1. The third kappa shape index (κ3) is 2.79. The van der Waals surface area contributed by atoms with Crippen LogP contribution in [0.15, 0.2) is 35.4 Å². The summed E-state index contributed by atoms with van der Waals surface area (Å²) in [5, 5.41) is 2.82. The van der Waals surface area contributed by atoms with Crippen molar-refractivity contribution in [3.05, 3.63) is 63.3 Å². The van der Waals surface area contributed by atoms with Gasteiger partial charge in [0.2, 0.25) is 0 Å². The van der Waals surface area contributed by atoms with Crippen LogP contribution in [0.5, 0.6) is 0 Å². The molecular formula is C17H19N3O2. The van der Waals surface area contributed by atoms with Gasteiger partial charge in [0, 0.05) is 30.7 Å². The Hall–Kier alpha value is -2.43. The van der Waals surface area contributed by atoms with Crippen molar-refractivity contribution in [3.8, 4) is 0 Å². The molecule has 0 unspecified atom stereocenters. The predicted molar refractivity (Wildman–Crippen MR) is 83.9 cm³/mol. The van der Waals surface area contributed by atoms with Gasteiger partial charge in [0.1, 0.15) is 5.56 Å². The van der Waals surface area contributed by atoms with Crippen LogP contribution in [0.2, 0.25) is 0 Å². The summed E-state index contributed by atoms with van der Waals surface area (Å²) < 4.78 is 1.76. The molecule has 1 saturated carbocycles. The minimum atomic E-state index is -0.311. The minimum absolute atomic E-state index is 0.174. The summed E-state index contributed by atoms with van der Waals surface area (Å²) in [5.41, 5.74) is 2.69. The van der Waals surface area contributed by atoms with Crippen LogP contribution in [-0.4, -0.2) is 15.5 Å². The van der Waals surface area contributed by atoms with Gasteiger partial charge >= 0.3 is 0 Å². The lowest BCUT2D eigenvalue weighted by Gasteiger charge is -2.14. The maximum atomic E-state index is 12.6. The maximum absolute atomic E-state index is 12.6. The van der Waals surface area contributed by atoms with Crippen LogP contribution in [0.1, 0.15) is 46.1 Å². The van der Waals surface area contributed by atoms with Crippen LogP contribution < -0.4 is 10.9 Å². The maximum Gasteiger partial charge on any atom is 0.264 e. The Labute approximate surface area is 129 Å². The first-order valence-corrected chi connectivity index (χ1v) is 7.48. The molecule has 2 aromatic rings. The number of nitrogens with zero attached hydrogens (tertiary/aromatic N) is 2. The molecule has 0 radical (unpaired) electrons. The minimum Gasteiger partial charge on any atom is -0.348 e. The van der Waals surface area contributed by atoms with Gasteiger partial charge in [0.05, 0.1) is 0 Å². The fourth-order valence-corrected chi connectivity index (χ4v) is 2.74. The first-order chi connectivity index (χ1) is 10.6. The van der Waals surface area contributed by atoms with Gasteiger partial charge in [-0.05, 0) is 56.0 Å². The SMILES string of the molecule is Cc1cc(C)n(C2CC2)c(=O)c1C(=O)NCc1ccncc1. The third-order valence-electron chi connectivity index (χ3n) is 3.97. The summed E-state index contributed by atoms with van der Waals surface area (Å²) >= 11 is 0. The molecule has 3 rings (SSSR count). The van der Waals surface area contributed by atoms with E-state index in [-0.39, 0.29) is 23.1 Å². The second-order valence-corrected chi connectivity index (χ2v) is 5.79. The zero-order valence-corrected chi connectivity index (χ0v) is 12.8. The summed E-state index contributed by atoms with van der Waals surface area (Å²) in [5.74, 6) is -0.311. The standard InChI is InChI=1S/C17H19N3O2/c1-11-9-12(2)20(14-3-4-14)17(22)15(11)16(21)19-10-13-5-7-18-8-6-13/h5-9,14H,3-4,10H2,1-2H3,(H,19,21). The largest absolute Gasteiger partial charge is 0.348 e. The quantitative estimate of drug-likeness (QED) is 0.940. The average Bonchev–Trinajstić information content (AvgIpc) is 3.30. The van der Waals surface area contributed by atoms with Gasteiger partial charge in [-0.25, -0.2) is 0 Å². The number of hydrogen-bond acceptors (Lipinski definition) is 3. The molecule has 0 spiro atoms. The average molecular weight is 297 g/mol. The van der Waals surface area contributed by atoms with Gasteiger partial charge in [-0.3, -0.25) is 14.6 Å². The Morgan fingerprint density at radius 2 is 2.00 bits per heavy atom. The molecule has 1 aliphatic carbocycles. The van der Waals surface area contributed by atoms with Gasteiger partial charge in [0.25, 0.3) is 11.5 Å². The first-order valence-electron chi connectivity index (χ1n) is 7.48. The van der Waals surface area contributed by atoms with E-state index in [4.69, 9.17) is 0 Å². The van der Waals surface area contributed by atoms with E-state index in [1.54, 1.807) is 17.0 Å². The molecule has 2 aromatic heterocycles. The number of aryl methyl sites for hydroxylation is 2. The smallest absolute Gasteiger partial charge is 0.264 e. The molecule has 1 aliphatic rings.